The molecule has 2 heteroatoms. The Kier molecular flexibility index (Phi) is 8.91. The average Bonchev–Trinajstić information content (AvgIpc) is 3.05. The van der Waals surface area contributed by atoms with E-state index in [0.717, 1.165) is 29.1 Å². The second-order valence-corrected chi connectivity index (χ2v) is 12.0. The molecular weight excluding hydrogens is 382 g/mol. The van der Waals surface area contributed by atoms with Gasteiger partial charge in [-0.25, -0.2) is 4.98 Å². The van der Waals surface area contributed by atoms with E-state index in [1.165, 1.54) is 55.2 Å². The Balaban J connectivity index is 1.74. The fourth-order valence-corrected chi connectivity index (χ4v) is 5.53. The molecule has 0 bridgehead atoms. The van der Waals surface area contributed by atoms with E-state index in [1.807, 2.05) is 6.92 Å². The van der Waals surface area contributed by atoms with Crippen molar-refractivity contribution in [3.05, 3.63) is 57.6 Å². The van der Waals surface area contributed by atoms with Crippen LogP contribution in [0, 0.1) is 24.7 Å². The van der Waals surface area contributed by atoms with Crippen LogP contribution >= 0.6 is 11.3 Å². The molecule has 0 aliphatic carbocycles. The van der Waals surface area contributed by atoms with E-state index in [4.69, 9.17) is 0 Å². The van der Waals surface area contributed by atoms with Crippen molar-refractivity contribution in [2.24, 2.45) is 10.8 Å². The van der Waals surface area contributed by atoms with Crippen LogP contribution in [0.25, 0.3) is 5.57 Å². The molecule has 0 radical (unpaired) electrons. The van der Waals surface area contributed by atoms with Crippen LogP contribution in [0.15, 0.2) is 30.2 Å². The number of allylic oxidation sites excluding steroid dienone is 1. The van der Waals surface area contributed by atoms with Gasteiger partial charge in [-0.3, -0.25) is 0 Å². The maximum atomic E-state index is 4.55. The van der Waals surface area contributed by atoms with Crippen LogP contribution in [0.5, 0.6) is 0 Å². The van der Waals surface area contributed by atoms with Crippen LogP contribution < -0.4 is 0 Å². The van der Waals surface area contributed by atoms with E-state index in [-0.39, 0.29) is 0 Å². The van der Waals surface area contributed by atoms with Crippen molar-refractivity contribution in [1.29, 1.82) is 0 Å². The number of unbranched alkanes of at least 4 members (excludes halogenated alkanes) is 2. The van der Waals surface area contributed by atoms with Gasteiger partial charge < -0.3 is 0 Å². The van der Waals surface area contributed by atoms with Crippen LogP contribution in [-0.4, -0.2) is 4.98 Å². The summed E-state index contributed by atoms with van der Waals surface area (Å²) >= 11 is 1.70. The van der Waals surface area contributed by atoms with Crippen LogP contribution in [-0.2, 0) is 12.8 Å². The third-order valence-corrected chi connectivity index (χ3v) is 6.91. The summed E-state index contributed by atoms with van der Waals surface area (Å²) in [4.78, 5) is 4.55. The number of nitrogens with zero attached hydrogens (tertiary/aromatic N) is 1. The maximum absolute atomic E-state index is 4.55. The van der Waals surface area contributed by atoms with Crippen LogP contribution in [0.4, 0.5) is 0 Å². The summed E-state index contributed by atoms with van der Waals surface area (Å²) in [6.45, 7) is 20.5. The summed E-state index contributed by atoms with van der Waals surface area (Å²) in [6.07, 6.45) is 9.85. The first-order valence-electron chi connectivity index (χ1n) is 11.6. The maximum Gasteiger partial charge on any atom is 0.118 e. The summed E-state index contributed by atoms with van der Waals surface area (Å²) in [5.74, 6) is 0. The molecule has 0 amide bonds. The topological polar surface area (TPSA) is 12.9 Å². The smallest absolute Gasteiger partial charge is 0.118 e. The molecule has 2 rings (SSSR count). The summed E-state index contributed by atoms with van der Waals surface area (Å²) in [5.41, 5.74) is 7.50. The number of aromatic nitrogens is 1. The first-order chi connectivity index (χ1) is 14.0. The van der Waals surface area contributed by atoms with Gasteiger partial charge in [0, 0.05) is 11.1 Å². The SMILES string of the molecule is C=C(CCc1ccc(CCCCCC(C)(C)CC(C)(C)C)c(C)c1)c1nc(C)cs1. The number of aryl methyl sites for hydroxylation is 4. The van der Waals surface area contributed by atoms with E-state index in [1.54, 1.807) is 11.3 Å². The van der Waals surface area contributed by atoms with E-state index >= 15 is 0 Å². The predicted octanol–water partition coefficient (Wildman–Crippen LogP) is 8.97. The summed E-state index contributed by atoms with van der Waals surface area (Å²) < 4.78 is 0. The van der Waals surface area contributed by atoms with Gasteiger partial charge in [-0.15, -0.1) is 11.3 Å². The number of thiazole rings is 1. The lowest BCUT2D eigenvalue weighted by Crippen LogP contribution is -2.20. The molecule has 0 aliphatic heterocycles. The zero-order chi connectivity index (χ0) is 22.4. The predicted molar refractivity (Wildman–Crippen MR) is 135 cm³/mol. The Bertz CT molecular complexity index is 819. The largest absolute Gasteiger partial charge is 0.242 e. The Morgan fingerprint density at radius 2 is 1.73 bits per heavy atom. The van der Waals surface area contributed by atoms with Gasteiger partial charge >= 0.3 is 0 Å². The number of hydrogen-bond donors (Lipinski definition) is 0. The average molecular weight is 426 g/mol. The second-order valence-electron chi connectivity index (χ2n) is 11.1. The zero-order valence-corrected chi connectivity index (χ0v) is 21.3. The van der Waals surface area contributed by atoms with Gasteiger partial charge in [0.15, 0.2) is 0 Å². The Morgan fingerprint density at radius 1 is 1.00 bits per heavy atom. The van der Waals surface area contributed by atoms with Gasteiger partial charge in [0.25, 0.3) is 0 Å². The van der Waals surface area contributed by atoms with E-state index < -0.39 is 0 Å². The molecule has 1 nitrogen and oxygen atoms in total. The minimum Gasteiger partial charge on any atom is -0.242 e. The number of benzene rings is 1. The van der Waals surface area contributed by atoms with Crippen LogP contribution in [0.3, 0.4) is 0 Å². The van der Waals surface area contributed by atoms with Gasteiger partial charge in [0.1, 0.15) is 5.01 Å². The first-order valence-corrected chi connectivity index (χ1v) is 12.5. The molecular formula is C28H43NS. The molecule has 1 aromatic heterocycles. The molecule has 0 atom stereocenters. The summed E-state index contributed by atoms with van der Waals surface area (Å²) in [6, 6.07) is 7.04. The highest BCUT2D eigenvalue weighted by atomic mass is 32.1. The molecule has 0 aliphatic rings. The lowest BCUT2D eigenvalue weighted by molar-refractivity contribution is 0.194. The molecule has 30 heavy (non-hydrogen) atoms. The highest BCUT2D eigenvalue weighted by molar-refractivity contribution is 7.10. The number of hydrogen-bond acceptors (Lipinski definition) is 2. The van der Waals surface area contributed by atoms with Gasteiger partial charge in [-0.05, 0) is 85.5 Å². The normalized spacial score (nSPS) is 12.4. The molecule has 1 heterocycles. The quantitative estimate of drug-likeness (QED) is 0.327. The van der Waals surface area contributed by atoms with Crippen molar-refractivity contribution in [2.75, 3.05) is 0 Å². The Hall–Kier alpha value is -1.41. The Morgan fingerprint density at radius 3 is 2.33 bits per heavy atom. The van der Waals surface area contributed by atoms with Gasteiger partial charge in [-0.1, -0.05) is 72.2 Å². The monoisotopic (exact) mass is 425 g/mol. The third kappa shape index (κ3) is 8.76. The van der Waals surface area contributed by atoms with E-state index in [2.05, 4.69) is 76.7 Å². The van der Waals surface area contributed by atoms with Gasteiger partial charge in [0.05, 0.1) is 0 Å². The fraction of sp³-hybridized carbons (Fsp3) is 0.607. The summed E-state index contributed by atoms with van der Waals surface area (Å²) in [7, 11) is 0. The first kappa shape index (κ1) is 24.9. The second kappa shape index (κ2) is 10.8. The van der Waals surface area contributed by atoms with Gasteiger partial charge in [-0.2, -0.15) is 0 Å². The lowest BCUT2D eigenvalue weighted by atomic mass is 9.73. The molecule has 166 valence electrons. The molecule has 0 fully saturated rings. The standard InChI is InChI=1S/C28H43NS/c1-21(26-29-23(3)19-30-26)13-14-24-15-16-25(22(2)18-24)12-10-9-11-17-28(7,8)20-27(4,5)6/h15-16,18-19H,1,9-14,17,20H2,2-8H3. The number of rotatable bonds is 11. The molecule has 0 saturated carbocycles. The highest BCUT2D eigenvalue weighted by Crippen LogP contribution is 2.37. The molecule has 2 aromatic rings. The molecule has 1 aromatic carbocycles. The molecule has 0 N–H and O–H groups in total. The molecule has 0 unspecified atom stereocenters. The minimum absolute atomic E-state index is 0.425. The van der Waals surface area contributed by atoms with Crippen LogP contribution in [0.1, 0.15) is 101 Å². The molecule has 0 saturated heterocycles. The summed E-state index contributed by atoms with van der Waals surface area (Å²) in [5, 5.41) is 3.19. The van der Waals surface area contributed by atoms with Gasteiger partial charge in [0.2, 0.25) is 0 Å². The third-order valence-electron chi connectivity index (χ3n) is 5.85. The zero-order valence-electron chi connectivity index (χ0n) is 20.5. The van der Waals surface area contributed by atoms with Crippen molar-refractivity contribution in [3.63, 3.8) is 0 Å². The van der Waals surface area contributed by atoms with E-state index in [0.29, 0.717) is 10.8 Å². The lowest BCUT2D eigenvalue weighted by Gasteiger charge is -2.32. The minimum atomic E-state index is 0.425. The Labute approximate surface area is 190 Å². The van der Waals surface area contributed by atoms with Crippen molar-refractivity contribution >= 4 is 16.9 Å². The highest BCUT2D eigenvalue weighted by Gasteiger charge is 2.24. The van der Waals surface area contributed by atoms with Crippen molar-refractivity contribution < 1.29 is 0 Å². The van der Waals surface area contributed by atoms with E-state index in [9.17, 15) is 0 Å². The van der Waals surface area contributed by atoms with Crippen LogP contribution in [0.2, 0.25) is 0 Å². The molecule has 0 spiro atoms. The van der Waals surface area contributed by atoms with Crippen molar-refractivity contribution in [2.45, 2.75) is 99.8 Å². The fourth-order valence-electron chi connectivity index (χ4n) is 4.73. The van der Waals surface area contributed by atoms with Crippen molar-refractivity contribution in [1.82, 2.24) is 4.98 Å². The van der Waals surface area contributed by atoms with Crippen molar-refractivity contribution in [3.8, 4) is 0 Å².